The first-order valence-electron chi connectivity index (χ1n) is 8.80. The van der Waals surface area contributed by atoms with Crippen LogP contribution in [0.3, 0.4) is 0 Å². The summed E-state index contributed by atoms with van der Waals surface area (Å²) in [5.74, 6) is 1.70. The number of nitrogens with zero attached hydrogens (tertiary/aromatic N) is 3. The second-order valence-corrected chi connectivity index (χ2v) is 6.74. The van der Waals surface area contributed by atoms with Gasteiger partial charge in [0.1, 0.15) is 5.75 Å². The predicted octanol–water partition coefficient (Wildman–Crippen LogP) is 2.52. The van der Waals surface area contributed by atoms with Crippen LogP contribution in [0.5, 0.6) is 5.75 Å². The van der Waals surface area contributed by atoms with Crippen LogP contribution in [0, 0.1) is 5.92 Å². The van der Waals surface area contributed by atoms with Crippen LogP contribution in [0.25, 0.3) is 0 Å². The lowest BCUT2D eigenvalue weighted by Crippen LogP contribution is -2.45. The molecule has 1 fully saturated rings. The molecule has 0 bridgehead atoms. The molecule has 1 atom stereocenters. The molecule has 1 unspecified atom stereocenters. The van der Waals surface area contributed by atoms with Gasteiger partial charge in [-0.1, -0.05) is 18.2 Å². The number of fused-ring (bicyclic) bond motifs is 1. The van der Waals surface area contributed by atoms with Crippen molar-refractivity contribution >= 4 is 5.91 Å². The van der Waals surface area contributed by atoms with Crippen molar-refractivity contribution in [1.82, 2.24) is 14.7 Å². The van der Waals surface area contributed by atoms with Gasteiger partial charge in [0.05, 0.1) is 0 Å². The first-order chi connectivity index (χ1) is 11.8. The standard InChI is InChI=1S/C19H23N3O2/c23-19(18-14-16-4-1-2-5-17(16)24-18)21-11-6-15(7-12-21)8-13-22-10-3-9-20-22/h1-5,9-10,15,18H,6-8,11-14H2. The van der Waals surface area contributed by atoms with Crippen LogP contribution >= 0.6 is 0 Å². The number of ether oxygens (including phenoxy) is 1. The van der Waals surface area contributed by atoms with Gasteiger partial charge in [0.25, 0.3) is 5.91 Å². The molecule has 0 saturated carbocycles. The largest absolute Gasteiger partial charge is 0.480 e. The van der Waals surface area contributed by atoms with E-state index in [1.807, 2.05) is 52.3 Å². The predicted molar refractivity (Wildman–Crippen MR) is 90.7 cm³/mol. The van der Waals surface area contributed by atoms with Crippen LogP contribution in [-0.2, 0) is 17.8 Å². The van der Waals surface area contributed by atoms with E-state index < -0.39 is 0 Å². The summed E-state index contributed by atoms with van der Waals surface area (Å²) < 4.78 is 7.83. The van der Waals surface area contributed by atoms with Gasteiger partial charge in [-0.25, -0.2) is 0 Å². The van der Waals surface area contributed by atoms with Crippen molar-refractivity contribution in [3.05, 3.63) is 48.3 Å². The number of carbonyl (C=O) groups is 1. The minimum Gasteiger partial charge on any atom is -0.480 e. The molecule has 1 aromatic carbocycles. The zero-order chi connectivity index (χ0) is 16.4. The van der Waals surface area contributed by atoms with E-state index in [1.54, 1.807) is 0 Å². The molecule has 1 saturated heterocycles. The third kappa shape index (κ3) is 3.16. The van der Waals surface area contributed by atoms with Crippen LogP contribution in [0.1, 0.15) is 24.8 Å². The number of aryl methyl sites for hydroxylation is 1. The summed E-state index contributed by atoms with van der Waals surface area (Å²) in [5, 5.41) is 4.25. The number of amides is 1. The third-order valence-electron chi connectivity index (χ3n) is 5.17. The molecule has 24 heavy (non-hydrogen) atoms. The molecule has 2 aromatic rings. The molecule has 0 N–H and O–H groups in total. The lowest BCUT2D eigenvalue weighted by Gasteiger charge is -2.33. The maximum atomic E-state index is 12.7. The van der Waals surface area contributed by atoms with Crippen molar-refractivity contribution in [1.29, 1.82) is 0 Å². The van der Waals surface area contributed by atoms with E-state index >= 15 is 0 Å². The van der Waals surface area contributed by atoms with E-state index in [2.05, 4.69) is 5.10 Å². The average Bonchev–Trinajstić information content (AvgIpc) is 3.29. The molecule has 0 aliphatic carbocycles. The number of piperidine rings is 1. The molecule has 126 valence electrons. The first-order valence-corrected chi connectivity index (χ1v) is 8.80. The molecule has 5 nitrogen and oxygen atoms in total. The van der Waals surface area contributed by atoms with E-state index in [0.29, 0.717) is 12.3 Å². The number of aromatic nitrogens is 2. The second kappa shape index (κ2) is 6.67. The van der Waals surface area contributed by atoms with Crippen molar-refractivity contribution in [2.24, 2.45) is 5.92 Å². The Labute approximate surface area is 142 Å². The van der Waals surface area contributed by atoms with E-state index in [0.717, 1.165) is 50.2 Å². The lowest BCUT2D eigenvalue weighted by molar-refractivity contribution is -0.139. The summed E-state index contributed by atoms with van der Waals surface area (Å²) in [7, 11) is 0. The number of rotatable bonds is 4. The van der Waals surface area contributed by atoms with Crippen LogP contribution in [0.2, 0.25) is 0 Å². The molecule has 0 radical (unpaired) electrons. The molecular formula is C19H23N3O2. The Morgan fingerprint density at radius 2 is 2.04 bits per heavy atom. The zero-order valence-corrected chi connectivity index (χ0v) is 13.8. The molecule has 2 aliphatic rings. The Hall–Kier alpha value is -2.30. The summed E-state index contributed by atoms with van der Waals surface area (Å²) in [4.78, 5) is 14.7. The lowest BCUT2D eigenvalue weighted by atomic mass is 9.93. The Kier molecular flexibility index (Phi) is 4.24. The molecule has 1 amide bonds. The normalized spacial score (nSPS) is 20.7. The first kappa shape index (κ1) is 15.2. The molecule has 4 rings (SSSR count). The molecule has 3 heterocycles. The van der Waals surface area contributed by atoms with Crippen molar-refractivity contribution in [2.75, 3.05) is 13.1 Å². The number of likely N-dealkylation sites (tertiary alicyclic amines) is 1. The highest BCUT2D eigenvalue weighted by atomic mass is 16.5. The quantitative estimate of drug-likeness (QED) is 0.868. The fraction of sp³-hybridized carbons (Fsp3) is 0.474. The molecule has 5 heteroatoms. The zero-order valence-electron chi connectivity index (χ0n) is 13.8. The molecular weight excluding hydrogens is 302 g/mol. The molecule has 1 aromatic heterocycles. The summed E-state index contributed by atoms with van der Waals surface area (Å²) in [6.07, 6.45) is 7.49. The van der Waals surface area contributed by atoms with Crippen LogP contribution < -0.4 is 4.74 Å². The third-order valence-corrected chi connectivity index (χ3v) is 5.17. The van der Waals surface area contributed by atoms with Gasteiger partial charge in [0, 0.05) is 38.4 Å². The number of carbonyl (C=O) groups excluding carboxylic acids is 1. The summed E-state index contributed by atoms with van der Waals surface area (Å²) in [6, 6.07) is 9.91. The fourth-order valence-electron chi connectivity index (χ4n) is 3.71. The van der Waals surface area contributed by atoms with Crippen molar-refractivity contribution in [3.63, 3.8) is 0 Å². The van der Waals surface area contributed by atoms with Gasteiger partial charge < -0.3 is 9.64 Å². The van der Waals surface area contributed by atoms with Gasteiger partial charge in [-0.2, -0.15) is 5.10 Å². The van der Waals surface area contributed by atoms with Gasteiger partial charge >= 0.3 is 0 Å². The molecule has 0 spiro atoms. The minimum atomic E-state index is -0.331. The monoisotopic (exact) mass is 325 g/mol. The number of hydrogen-bond acceptors (Lipinski definition) is 3. The van der Waals surface area contributed by atoms with Gasteiger partial charge in [-0.3, -0.25) is 9.48 Å². The molecule has 2 aliphatic heterocycles. The number of para-hydroxylation sites is 1. The van der Waals surface area contributed by atoms with Crippen LogP contribution in [0.4, 0.5) is 0 Å². The number of benzene rings is 1. The van der Waals surface area contributed by atoms with Gasteiger partial charge in [0.15, 0.2) is 6.10 Å². The van der Waals surface area contributed by atoms with Gasteiger partial charge in [-0.15, -0.1) is 0 Å². The number of hydrogen-bond donors (Lipinski definition) is 0. The summed E-state index contributed by atoms with van der Waals surface area (Å²) >= 11 is 0. The van der Waals surface area contributed by atoms with E-state index in [4.69, 9.17) is 4.74 Å². The maximum absolute atomic E-state index is 12.7. The average molecular weight is 325 g/mol. The Balaban J connectivity index is 1.26. The Bertz CT molecular complexity index is 665. The van der Waals surface area contributed by atoms with E-state index in [9.17, 15) is 4.79 Å². The second-order valence-electron chi connectivity index (χ2n) is 6.74. The maximum Gasteiger partial charge on any atom is 0.263 e. The summed E-state index contributed by atoms with van der Waals surface area (Å²) in [5.41, 5.74) is 1.14. The Morgan fingerprint density at radius 3 is 2.79 bits per heavy atom. The van der Waals surface area contributed by atoms with E-state index in [-0.39, 0.29) is 12.0 Å². The highest BCUT2D eigenvalue weighted by Gasteiger charge is 2.33. The van der Waals surface area contributed by atoms with E-state index in [1.165, 1.54) is 0 Å². The smallest absolute Gasteiger partial charge is 0.263 e. The minimum absolute atomic E-state index is 0.150. The summed E-state index contributed by atoms with van der Waals surface area (Å²) in [6.45, 7) is 2.66. The highest BCUT2D eigenvalue weighted by Crippen LogP contribution is 2.30. The van der Waals surface area contributed by atoms with Crippen molar-refractivity contribution < 1.29 is 9.53 Å². The van der Waals surface area contributed by atoms with Crippen LogP contribution in [-0.4, -0.2) is 39.8 Å². The fourth-order valence-corrected chi connectivity index (χ4v) is 3.71. The topological polar surface area (TPSA) is 47.4 Å². The SMILES string of the molecule is O=C(C1Cc2ccccc2O1)N1CCC(CCn2cccn2)CC1. The van der Waals surface area contributed by atoms with Gasteiger partial charge in [0.2, 0.25) is 0 Å². The Morgan fingerprint density at radius 1 is 1.21 bits per heavy atom. The van der Waals surface area contributed by atoms with Crippen molar-refractivity contribution in [2.45, 2.75) is 38.3 Å². The van der Waals surface area contributed by atoms with Gasteiger partial charge in [-0.05, 0) is 42.9 Å². The van der Waals surface area contributed by atoms with Crippen LogP contribution in [0.15, 0.2) is 42.7 Å². The highest BCUT2D eigenvalue weighted by molar-refractivity contribution is 5.82. The van der Waals surface area contributed by atoms with Crippen molar-refractivity contribution in [3.8, 4) is 5.75 Å².